The minimum atomic E-state index is -0.0495. The Morgan fingerprint density at radius 3 is 3.08 bits per heavy atom. The van der Waals surface area contributed by atoms with E-state index in [2.05, 4.69) is 4.98 Å². The van der Waals surface area contributed by atoms with Crippen LogP contribution in [-0.4, -0.2) is 22.8 Å². The van der Waals surface area contributed by atoms with Gasteiger partial charge in [0.05, 0.1) is 0 Å². The van der Waals surface area contributed by atoms with Gasteiger partial charge in [-0.2, -0.15) is 0 Å². The molecule has 1 heterocycles. The number of aryl methyl sites for hydroxylation is 1. The highest BCUT2D eigenvalue weighted by atomic mass is 16.5. The van der Waals surface area contributed by atoms with Crippen LogP contribution in [0.5, 0.6) is 0 Å². The summed E-state index contributed by atoms with van der Waals surface area (Å²) in [6, 6.07) is 0. The predicted octanol–water partition coefficient (Wildman–Crippen LogP) is 0.603. The molecule has 0 amide bonds. The average molecular weight is 170 g/mol. The van der Waals surface area contributed by atoms with Crippen LogP contribution in [0.15, 0.2) is 17.2 Å². The van der Waals surface area contributed by atoms with Crippen molar-refractivity contribution < 1.29 is 4.74 Å². The zero-order valence-corrected chi connectivity index (χ0v) is 7.25. The molecule has 0 aliphatic rings. The number of aromatic nitrogens is 2. The maximum atomic E-state index is 10.9. The van der Waals surface area contributed by atoms with Crippen LogP contribution in [0.25, 0.3) is 0 Å². The van der Waals surface area contributed by atoms with Crippen molar-refractivity contribution in [1.29, 1.82) is 0 Å². The van der Waals surface area contributed by atoms with E-state index in [-0.39, 0.29) is 5.69 Å². The smallest absolute Gasteiger partial charge is 0.325 e. The lowest BCUT2D eigenvalue weighted by atomic mass is 10.4. The largest absolute Gasteiger partial charge is 0.382 e. The summed E-state index contributed by atoms with van der Waals surface area (Å²) >= 11 is 0. The van der Waals surface area contributed by atoms with Gasteiger partial charge >= 0.3 is 5.69 Å². The van der Waals surface area contributed by atoms with Crippen LogP contribution in [0, 0.1) is 0 Å². The Labute approximate surface area is 71.2 Å². The number of H-pyrrole nitrogens is 1. The lowest BCUT2D eigenvalue weighted by Gasteiger charge is -2.00. The summed E-state index contributed by atoms with van der Waals surface area (Å²) in [5.74, 6) is 0. The summed E-state index contributed by atoms with van der Waals surface area (Å²) in [6.45, 7) is 4.14. The minimum absolute atomic E-state index is 0.0495. The quantitative estimate of drug-likeness (QED) is 0.658. The molecule has 0 aliphatic heterocycles. The Morgan fingerprint density at radius 1 is 1.67 bits per heavy atom. The normalized spacial score (nSPS) is 10.4. The Morgan fingerprint density at radius 2 is 2.50 bits per heavy atom. The van der Waals surface area contributed by atoms with Crippen molar-refractivity contribution in [3.8, 4) is 0 Å². The molecule has 1 N–H and O–H groups in total. The molecule has 0 aromatic carbocycles. The van der Waals surface area contributed by atoms with Crippen molar-refractivity contribution in [3.63, 3.8) is 0 Å². The molecule has 0 saturated carbocycles. The maximum Gasteiger partial charge on any atom is 0.325 e. The first kappa shape index (κ1) is 9.06. The minimum Gasteiger partial charge on any atom is -0.382 e. The fourth-order valence-corrected chi connectivity index (χ4v) is 1.01. The zero-order valence-electron chi connectivity index (χ0n) is 7.25. The van der Waals surface area contributed by atoms with Gasteiger partial charge in [0, 0.05) is 32.2 Å². The van der Waals surface area contributed by atoms with Crippen LogP contribution in [-0.2, 0) is 11.3 Å². The average Bonchev–Trinajstić information content (AvgIpc) is 2.46. The van der Waals surface area contributed by atoms with Crippen LogP contribution in [0.1, 0.15) is 13.3 Å². The van der Waals surface area contributed by atoms with E-state index < -0.39 is 0 Å². The molecule has 1 rings (SSSR count). The highest BCUT2D eigenvalue weighted by molar-refractivity contribution is 4.75. The van der Waals surface area contributed by atoms with Gasteiger partial charge < -0.3 is 9.72 Å². The summed E-state index contributed by atoms with van der Waals surface area (Å²) in [7, 11) is 0. The SMILES string of the molecule is CCOCCCn1cc[nH]c1=O. The van der Waals surface area contributed by atoms with E-state index in [0.717, 1.165) is 19.6 Å². The first-order chi connectivity index (χ1) is 5.84. The number of aromatic amines is 1. The number of rotatable bonds is 5. The van der Waals surface area contributed by atoms with E-state index in [1.165, 1.54) is 0 Å². The van der Waals surface area contributed by atoms with Crippen molar-refractivity contribution in [2.75, 3.05) is 13.2 Å². The van der Waals surface area contributed by atoms with Gasteiger partial charge in [-0.15, -0.1) is 0 Å². The van der Waals surface area contributed by atoms with Crippen molar-refractivity contribution in [3.05, 3.63) is 22.9 Å². The van der Waals surface area contributed by atoms with Gasteiger partial charge in [-0.3, -0.25) is 4.57 Å². The number of imidazole rings is 1. The van der Waals surface area contributed by atoms with Gasteiger partial charge in [-0.05, 0) is 13.3 Å². The summed E-state index contributed by atoms with van der Waals surface area (Å²) in [5, 5.41) is 0. The molecule has 0 spiro atoms. The van der Waals surface area contributed by atoms with Gasteiger partial charge in [-0.25, -0.2) is 4.79 Å². The van der Waals surface area contributed by atoms with Crippen molar-refractivity contribution >= 4 is 0 Å². The monoisotopic (exact) mass is 170 g/mol. The molecular formula is C8H14N2O2. The van der Waals surface area contributed by atoms with Crippen LogP contribution in [0.4, 0.5) is 0 Å². The topological polar surface area (TPSA) is 47.0 Å². The molecule has 4 nitrogen and oxygen atoms in total. The third-order valence-corrected chi connectivity index (χ3v) is 1.61. The molecule has 1 aromatic rings. The molecular weight excluding hydrogens is 156 g/mol. The van der Waals surface area contributed by atoms with E-state index in [4.69, 9.17) is 4.74 Å². The van der Waals surface area contributed by atoms with Crippen molar-refractivity contribution in [1.82, 2.24) is 9.55 Å². The van der Waals surface area contributed by atoms with Crippen LogP contribution < -0.4 is 5.69 Å². The standard InChI is InChI=1S/C8H14N2O2/c1-2-12-7-3-5-10-6-4-9-8(10)11/h4,6H,2-3,5,7H2,1H3,(H,9,11). The summed E-state index contributed by atoms with van der Waals surface area (Å²) < 4.78 is 6.78. The highest BCUT2D eigenvalue weighted by Gasteiger charge is 1.94. The number of hydrogen-bond acceptors (Lipinski definition) is 2. The first-order valence-corrected chi connectivity index (χ1v) is 4.16. The molecule has 0 unspecified atom stereocenters. The van der Waals surface area contributed by atoms with Gasteiger partial charge in [0.2, 0.25) is 0 Å². The van der Waals surface area contributed by atoms with Gasteiger partial charge in [0.15, 0.2) is 0 Å². The second-order valence-electron chi connectivity index (χ2n) is 2.51. The molecule has 1 aromatic heterocycles. The number of hydrogen-bond donors (Lipinski definition) is 1. The third-order valence-electron chi connectivity index (χ3n) is 1.61. The molecule has 0 saturated heterocycles. The van der Waals surface area contributed by atoms with Crippen LogP contribution in [0.2, 0.25) is 0 Å². The number of nitrogens with one attached hydrogen (secondary N) is 1. The van der Waals surface area contributed by atoms with E-state index in [1.54, 1.807) is 17.0 Å². The van der Waals surface area contributed by atoms with Crippen molar-refractivity contribution in [2.45, 2.75) is 19.9 Å². The Bertz CT molecular complexity index is 264. The highest BCUT2D eigenvalue weighted by Crippen LogP contribution is 1.87. The predicted molar refractivity (Wildman–Crippen MR) is 46.2 cm³/mol. The van der Waals surface area contributed by atoms with Crippen LogP contribution >= 0.6 is 0 Å². The summed E-state index contributed by atoms with van der Waals surface area (Å²) in [5.41, 5.74) is -0.0495. The zero-order chi connectivity index (χ0) is 8.81. The number of nitrogens with zero attached hydrogens (tertiary/aromatic N) is 1. The van der Waals surface area contributed by atoms with Gasteiger partial charge in [0.25, 0.3) is 0 Å². The number of ether oxygens (including phenoxy) is 1. The lowest BCUT2D eigenvalue weighted by Crippen LogP contribution is -2.16. The summed E-state index contributed by atoms with van der Waals surface area (Å²) in [4.78, 5) is 13.5. The van der Waals surface area contributed by atoms with Crippen molar-refractivity contribution in [2.24, 2.45) is 0 Å². The molecule has 0 bridgehead atoms. The Kier molecular flexibility index (Phi) is 3.60. The molecule has 0 atom stereocenters. The van der Waals surface area contributed by atoms with E-state index in [1.807, 2.05) is 6.92 Å². The maximum absolute atomic E-state index is 10.9. The molecule has 0 fully saturated rings. The van der Waals surface area contributed by atoms with E-state index >= 15 is 0 Å². The molecule has 0 aliphatic carbocycles. The lowest BCUT2D eigenvalue weighted by molar-refractivity contribution is 0.141. The fraction of sp³-hybridized carbons (Fsp3) is 0.625. The fourth-order valence-electron chi connectivity index (χ4n) is 1.01. The van der Waals surface area contributed by atoms with E-state index in [9.17, 15) is 4.79 Å². The first-order valence-electron chi connectivity index (χ1n) is 4.16. The molecule has 4 heteroatoms. The Hall–Kier alpha value is -1.03. The van der Waals surface area contributed by atoms with Crippen LogP contribution in [0.3, 0.4) is 0 Å². The second kappa shape index (κ2) is 4.77. The van der Waals surface area contributed by atoms with Gasteiger partial charge in [-0.1, -0.05) is 0 Å². The molecule has 68 valence electrons. The van der Waals surface area contributed by atoms with Gasteiger partial charge in [0.1, 0.15) is 0 Å². The third kappa shape index (κ3) is 2.54. The molecule has 0 radical (unpaired) electrons. The molecule has 12 heavy (non-hydrogen) atoms. The second-order valence-corrected chi connectivity index (χ2v) is 2.51. The van der Waals surface area contributed by atoms with E-state index in [0.29, 0.717) is 6.61 Å². The summed E-state index contributed by atoms with van der Waals surface area (Å²) in [6.07, 6.45) is 4.27. The Balaban J connectivity index is 2.24.